The maximum Gasteiger partial charge on any atom is 0.252 e. The highest BCUT2D eigenvalue weighted by Gasteiger charge is 2.48. The highest BCUT2D eigenvalue weighted by Crippen LogP contribution is 2.41. The Morgan fingerprint density at radius 3 is 2.52 bits per heavy atom. The minimum Gasteiger partial charge on any atom is -0.508 e. The zero-order valence-corrected chi connectivity index (χ0v) is 14.5. The van der Waals surface area contributed by atoms with Crippen LogP contribution in [-0.2, 0) is 4.79 Å². The van der Waals surface area contributed by atoms with Crippen LogP contribution in [-0.4, -0.2) is 21.7 Å². The molecule has 0 spiro atoms. The van der Waals surface area contributed by atoms with Gasteiger partial charge in [0, 0.05) is 5.56 Å². The van der Waals surface area contributed by atoms with Gasteiger partial charge in [-0.15, -0.1) is 0 Å². The van der Waals surface area contributed by atoms with Gasteiger partial charge >= 0.3 is 0 Å². The van der Waals surface area contributed by atoms with Gasteiger partial charge in [0.15, 0.2) is 0 Å². The minimum atomic E-state index is -1.33. The topological polar surface area (TPSA) is 69.6 Å². The van der Waals surface area contributed by atoms with Crippen molar-refractivity contribution in [3.8, 4) is 5.75 Å². The minimum absolute atomic E-state index is 0.0322. The van der Waals surface area contributed by atoms with Crippen LogP contribution in [0.5, 0.6) is 5.75 Å². The lowest BCUT2D eigenvalue weighted by Crippen LogP contribution is -2.56. The van der Waals surface area contributed by atoms with Crippen molar-refractivity contribution in [1.29, 1.82) is 0 Å². The molecule has 0 bridgehead atoms. The highest BCUT2D eigenvalue weighted by molar-refractivity contribution is 5.86. The molecule has 1 aromatic carbocycles. The number of aliphatic hydroxyl groups is 1. The Morgan fingerprint density at radius 1 is 1.26 bits per heavy atom. The molecule has 1 aliphatic carbocycles. The molecule has 1 saturated carbocycles. The van der Waals surface area contributed by atoms with Crippen molar-refractivity contribution in [3.63, 3.8) is 0 Å². The first-order valence-electron chi connectivity index (χ1n) is 8.57. The fourth-order valence-corrected chi connectivity index (χ4v) is 3.89. The van der Waals surface area contributed by atoms with Crippen LogP contribution >= 0.6 is 0 Å². The van der Waals surface area contributed by atoms with Crippen molar-refractivity contribution in [1.82, 2.24) is 5.32 Å². The predicted molar refractivity (Wildman–Crippen MR) is 91.0 cm³/mol. The van der Waals surface area contributed by atoms with Gasteiger partial charge in [-0.3, -0.25) is 4.79 Å². The van der Waals surface area contributed by atoms with Gasteiger partial charge in [0.25, 0.3) is 5.91 Å². The Bertz CT molecular complexity index is 557. The molecule has 4 nitrogen and oxygen atoms in total. The Balaban J connectivity index is 2.18. The molecule has 3 unspecified atom stereocenters. The van der Waals surface area contributed by atoms with Crippen LogP contribution in [0.15, 0.2) is 24.3 Å². The number of amides is 1. The molecule has 0 aliphatic heterocycles. The summed E-state index contributed by atoms with van der Waals surface area (Å²) in [5.74, 6) is 0.387. The summed E-state index contributed by atoms with van der Waals surface area (Å²) < 4.78 is 0. The number of aromatic hydroxyl groups is 1. The monoisotopic (exact) mass is 319 g/mol. The maximum absolute atomic E-state index is 12.8. The molecule has 23 heavy (non-hydrogen) atoms. The summed E-state index contributed by atoms with van der Waals surface area (Å²) in [7, 11) is 0. The molecular formula is C19H29NO3. The third-order valence-electron chi connectivity index (χ3n) is 5.19. The lowest BCUT2D eigenvalue weighted by atomic mass is 9.66. The van der Waals surface area contributed by atoms with Crippen molar-refractivity contribution < 1.29 is 15.0 Å². The van der Waals surface area contributed by atoms with Gasteiger partial charge in [0.2, 0.25) is 0 Å². The van der Waals surface area contributed by atoms with Crippen molar-refractivity contribution in [2.45, 2.75) is 58.6 Å². The van der Waals surface area contributed by atoms with E-state index in [9.17, 15) is 15.0 Å². The summed E-state index contributed by atoms with van der Waals surface area (Å²) in [6, 6.07) is 6.61. The fourth-order valence-electron chi connectivity index (χ4n) is 3.89. The highest BCUT2D eigenvalue weighted by atomic mass is 16.3. The summed E-state index contributed by atoms with van der Waals surface area (Å²) >= 11 is 0. The third-order valence-corrected chi connectivity index (χ3v) is 5.19. The molecule has 0 saturated heterocycles. The molecule has 0 heterocycles. The molecule has 0 radical (unpaired) electrons. The molecule has 1 aromatic rings. The van der Waals surface area contributed by atoms with E-state index in [4.69, 9.17) is 0 Å². The summed E-state index contributed by atoms with van der Waals surface area (Å²) in [6.07, 6.45) is 2.41. The van der Waals surface area contributed by atoms with Crippen LogP contribution in [0.2, 0.25) is 0 Å². The second kappa shape index (κ2) is 6.91. The van der Waals surface area contributed by atoms with Crippen molar-refractivity contribution >= 4 is 5.91 Å². The second-order valence-electron chi connectivity index (χ2n) is 7.42. The Morgan fingerprint density at radius 2 is 1.91 bits per heavy atom. The molecule has 1 amide bonds. The number of rotatable bonds is 4. The molecule has 128 valence electrons. The van der Waals surface area contributed by atoms with E-state index in [0.717, 1.165) is 12.8 Å². The van der Waals surface area contributed by atoms with E-state index in [1.54, 1.807) is 18.2 Å². The zero-order chi connectivity index (χ0) is 17.2. The molecule has 1 fully saturated rings. The number of hydrogen-bond acceptors (Lipinski definition) is 3. The summed E-state index contributed by atoms with van der Waals surface area (Å²) in [5.41, 5.74) is -0.667. The van der Waals surface area contributed by atoms with Crippen LogP contribution in [0.25, 0.3) is 0 Å². The molecule has 2 rings (SSSR count). The predicted octanol–water partition coefficient (Wildman–Crippen LogP) is 3.39. The molecule has 0 aromatic heterocycles. The average molecular weight is 319 g/mol. The number of benzene rings is 1. The number of carbonyl (C=O) groups is 1. The van der Waals surface area contributed by atoms with Crippen molar-refractivity contribution in [2.24, 2.45) is 17.8 Å². The van der Waals surface area contributed by atoms with E-state index in [1.165, 1.54) is 0 Å². The van der Waals surface area contributed by atoms with Crippen LogP contribution in [0.1, 0.15) is 58.6 Å². The molecule has 4 atom stereocenters. The summed E-state index contributed by atoms with van der Waals surface area (Å²) in [4.78, 5) is 12.8. The van der Waals surface area contributed by atoms with E-state index in [0.29, 0.717) is 17.9 Å². The first-order chi connectivity index (χ1) is 10.8. The lowest BCUT2D eigenvalue weighted by Gasteiger charge is -2.43. The number of nitrogens with one attached hydrogen (secondary N) is 1. The molecular weight excluding hydrogens is 290 g/mol. The number of carbonyl (C=O) groups excluding carboxylic acids is 1. The van der Waals surface area contributed by atoms with Crippen LogP contribution in [0.4, 0.5) is 0 Å². The van der Waals surface area contributed by atoms with Crippen molar-refractivity contribution in [2.75, 3.05) is 0 Å². The zero-order valence-electron chi connectivity index (χ0n) is 14.5. The second-order valence-corrected chi connectivity index (χ2v) is 7.42. The van der Waals surface area contributed by atoms with Crippen LogP contribution in [0.3, 0.4) is 0 Å². The normalized spacial score (nSPS) is 29.3. The van der Waals surface area contributed by atoms with Gasteiger partial charge in [-0.25, -0.2) is 0 Å². The largest absolute Gasteiger partial charge is 0.508 e. The number of phenolic OH excluding ortho intramolecular Hbond substituents is 1. The molecule has 1 aliphatic rings. The third kappa shape index (κ3) is 3.69. The Hall–Kier alpha value is -1.55. The van der Waals surface area contributed by atoms with Gasteiger partial charge in [-0.05, 0) is 43.6 Å². The number of hydrogen-bond donors (Lipinski definition) is 3. The fraction of sp³-hybridized carbons (Fsp3) is 0.632. The maximum atomic E-state index is 12.8. The average Bonchev–Trinajstić information content (AvgIpc) is 2.46. The van der Waals surface area contributed by atoms with Gasteiger partial charge in [-0.1, -0.05) is 45.4 Å². The molecule has 4 heteroatoms. The van der Waals surface area contributed by atoms with E-state index in [2.05, 4.69) is 26.1 Å². The number of para-hydroxylation sites is 1. The van der Waals surface area contributed by atoms with Gasteiger partial charge in [0.1, 0.15) is 11.4 Å². The Labute approximate surface area is 138 Å². The molecule has 3 N–H and O–H groups in total. The lowest BCUT2D eigenvalue weighted by molar-refractivity contribution is -0.156. The smallest absolute Gasteiger partial charge is 0.252 e. The first kappa shape index (κ1) is 17.8. The quantitative estimate of drug-likeness (QED) is 0.796. The standard InChI is InChI=1S/C19H29NO3/c1-12(2)16-10-9-13(3)11-19(16,23)18(22)20-14(4)15-7-5-6-8-17(15)21/h5-8,12-14,16,21,23H,9-11H2,1-4H3,(H,20,22)/t13?,14?,16?,19-/m1/s1. The Kier molecular flexibility index (Phi) is 5.35. The van der Waals surface area contributed by atoms with Gasteiger partial charge < -0.3 is 15.5 Å². The number of phenols is 1. The SMILES string of the molecule is CC1CCC(C(C)C)[C@@](O)(C(=O)NC(C)c2ccccc2O)C1. The summed E-state index contributed by atoms with van der Waals surface area (Å²) in [6.45, 7) is 8.03. The first-order valence-corrected chi connectivity index (χ1v) is 8.57. The van der Waals surface area contributed by atoms with Gasteiger partial charge in [0.05, 0.1) is 6.04 Å². The van der Waals surface area contributed by atoms with Crippen LogP contribution in [0, 0.1) is 17.8 Å². The van der Waals surface area contributed by atoms with E-state index >= 15 is 0 Å². The van der Waals surface area contributed by atoms with Crippen LogP contribution < -0.4 is 5.32 Å². The van der Waals surface area contributed by atoms with E-state index in [1.807, 2.05) is 13.0 Å². The van der Waals surface area contributed by atoms with Gasteiger partial charge in [-0.2, -0.15) is 0 Å². The van der Waals surface area contributed by atoms with E-state index < -0.39 is 5.60 Å². The van der Waals surface area contributed by atoms with E-state index in [-0.39, 0.29) is 29.5 Å². The van der Waals surface area contributed by atoms with Crippen molar-refractivity contribution in [3.05, 3.63) is 29.8 Å². The summed E-state index contributed by atoms with van der Waals surface area (Å²) in [5, 5.41) is 24.0.